The molecule has 1 atom stereocenters. The van der Waals surface area contributed by atoms with E-state index in [1.54, 1.807) is 0 Å². The number of hydrogen-bond acceptors (Lipinski definition) is 2. The van der Waals surface area contributed by atoms with Crippen molar-refractivity contribution >= 4 is 0 Å². The summed E-state index contributed by atoms with van der Waals surface area (Å²) in [6, 6.07) is 6.48. The number of hydrogen-bond donors (Lipinski definition) is 1. The van der Waals surface area contributed by atoms with E-state index >= 15 is 0 Å². The summed E-state index contributed by atoms with van der Waals surface area (Å²) >= 11 is 0. The van der Waals surface area contributed by atoms with Crippen LogP contribution in [0.4, 0.5) is 0 Å². The summed E-state index contributed by atoms with van der Waals surface area (Å²) in [5, 5.41) is 3.35. The van der Waals surface area contributed by atoms with Gasteiger partial charge in [-0.15, -0.1) is 0 Å². The van der Waals surface area contributed by atoms with Crippen LogP contribution in [0.15, 0.2) is 18.2 Å². The van der Waals surface area contributed by atoms with Crippen LogP contribution in [0.5, 0.6) is 5.75 Å². The van der Waals surface area contributed by atoms with Gasteiger partial charge < -0.3 is 10.1 Å². The Balaban J connectivity index is 1.81. The van der Waals surface area contributed by atoms with Crippen LogP contribution < -0.4 is 10.1 Å². The van der Waals surface area contributed by atoms with Crippen molar-refractivity contribution < 1.29 is 4.74 Å². The van der Waals surface area contributed by atoms with Gasteiger partial charge in [0.2, 0.25) is 0 Å². The molecule has 2 rings (SSSR count). The monoisotopic (exact) mass is 219 g/mol. The summed E-state index contributed by atoms with van der Waals surface area (Å²) < 4.78 is 5.91. The first kappa shape index (κ1) is 11.5. The van der Waals surface area contributed by atoms with E-state index in [-0.39, 0.29) is 0 Å². The van der Waals surface area contributed by atoms with Crippen molar-refractivity contribution in [3.05, 3.63) is 29.3 Å². The number of ether oxygens (including phenoxy) is 1. The topological polar surface area (TPSA) is 21.3 Å². The molecule has 0 saturated carbocycles. The van der Waals surface area contributed by atoms with Crippen molar-refractivity contribution in [3.8, 4) is 5.75 Å². The molecule has 0 amide bonds. The minimum absolute atomic E-state index is 0.399. The number of nitrogens with one attached hydrogen (secondary N) is 1. The van der Waals surface area contributed by atoms with Gasteiger partial charge in [0.25, 0.3) is 0 Å². The number of aryl methyl sites for hydroxylation is 1. The second kappa shape index (κ2) is 5.35. The lowest BCUT2D eigenvalue weighted by Crippen LogP contribution is -2.18. The van der Waals surface area contributed by atoms with Crippen LogP contribution in [0.1, 0.15) is 30.9 Å². The van der Waals surface area contributed by atoms with E-state index in [9.17, 15) is 0 Å². The van der Waals surface area contributed by atoms with E-state index in [4.69, 9.17) is 4.74 Å². The second-order valence-electron chi connectivity index (χ2n) is 4.55. The van der Waals surface area contributed by atoms with Crippen molar-refractivity contribution in [2.75, 3.05) is 13.1 Å². The Labute approximate surface area is 98.0 Å². The van der Waals surface area contributed by atoms with E-state index in [1.165, 1.54) is 17.5 Å². The number of fused-ring (bicyclic) bond motifs is 1. The van der Waals surface area contributed by atoms with Crippen molar-refractivity contribution in [2.24, 2.45) is 0 Å². The molecule has 88 valence electrons. The lowest BCUT2D eigenvalue weighted by Gasteiger charge is -2.10. The third-order valence-electron chi connectivity index (χ3n) is 3.09. The van der Waals surface area contributed by atoms with E-state index < -0.39 is 0 Å². The van der Waals surface area contributed by atoms with Gasteiger partial charge in [-0.2, -0.15) is 0 Å². The molecule has 1 aromatic rings. The lowest BCUT2D eigenvalue weighted by atomic mass is 10.0. The Morgan fingerprint density at radius 3 is 3.12 bits per heavy atom. The minimum Gasteiger partial charge on any atom is -0.490 e. The van der Waals surface area contributed by atoms with Crippen LogP contribution in [-0.2, 0) is 6.42 Å². The average molecular weight is 219 g/mol. The maximum absolute atomic E-state index is 5.91. The van der Waals surface area contributed by atoms with Gasteiger partial charge in [-0.25, -0.2) is 0 Å². The first-order chi connectivity index (χ1) is 7.79. The molecule has 0 radical (unpaired) electrons. The minimum atomic E-state index is 0.399. The maximum Gasteiger partial charge on any atom is 0.123 e. The van der Waals surface area contributed by atoms with E-state index in [0.717, 1.165) is 31.7 Å². The van der Waals surface area contributed by atoms with Crippen molar-refractivity contribution in [1.29, 1.82) is 0 Å². The van der Waals surface area contributed by atoms with E-state index in [0.29, 0.717) is 6.10 Å². The SMILES string of the molecule is CCNCCCC1Cc2cc(C)ccc2O1. The van der Waals surface area contributed by atoms with Gasteiger partial charge >= 0.3 is 0 Å². The number of benzene rings is 1. The molecule has 0 aliphatic carbocycles. The Kier molecular flexibility index (Phi) is 3.83. The van der Waals surface area contributed by atoms with Crippen LogP contribution in [0.2, 0.25) is 0 Å². The summed E-state index contributed by atoms with van der Waals surface area (Å²) in [4.78, 5) is 0. The fraction of sp³-hybridized carbons (Fsp3) is 0.571. The zero-order chi connectivity index (χ0) is 11.4. The molecular weight excluding hydrogens is 198 g/mol. The molecule has 2 nitrogen and oxygen atoms in total. The van der Waals surface area contributed by atoms with Crippen molar-refractivity contribution in [2.45, 2.75) is 39.2 Å². The molecule has 16 heavy (non-hydrogen) atoms. The smallest absolute Gasteiger partial charge is 0.123 e. The van der Waals surface area contributed by atoms with Gasteiger partial charge in [-0.1, -0.05) is 24.6 Å². The van der Waals surface area contributed by atoms with Crippen molar-refractivity contribution in [3.63, 3.8) is 0 Å². The summed E-state index contributed by atoms with van der Waals surface area (Å²) in [5.74, 6) is 1.10. The summed E-state index contributed by atoms with van der Waals surface area (Å²) in [6.07, 6.45) is 3.84. The Morgan fingerprint density at radius 2 is 2.31 bits per heavy atom. The van der Waals surface area contributed by atoms with Gasteiger partial charge in [0.15, 0.2) is 0 Å². The molecule has 1 heterocycles. The predicted octanol–water partition coefficient (Wildman–Crippen LogP) is 2.69. The van der Waals surface area contributed by atoms with E-state index in [2.05, 4.69) is 37.4 Å². The normalized spacial score (nSPS) is 18.2. The highest BCUT2D eigenvalue weighted by atomic mass is 16.5. The Morgan fingerprint density at radius 1 is 1.44 bits per heavy atom. The van der Waals surface area contributed by atoms with E-state index in [1.807, 2.05) is 0 Å². The molecule has 0 saturated heterocycles. The highest BCUT2D eigenvalue weighted by Gasteiger charge is 2.21. The van der Waals surface area contributed by atoms with Crippen LogP contribution in [-0.4, -0.2) is 19.2 Å². The van der Waals surface area contributed by atoms with Gasteiger partial charge in [-0.05, 0) is 44.5 Å². The standard InChI is InChI=1S/C14H21NO/c1-3-15-8-4-5-13-10-12-9-11(2)6-7-14(12)16-13/h6-7,9,13,15H,3-5,8,10H2,1-2H3. The van der Waals surface area contributed by atoms with Gasteiger partial charge in [0.05, 0.1) is 0 Å². The average Bonchev–Trinajstić information content (AvgIpc) is 2.66. The second-order valence-corrected chi connectivity index (χ2v) is 4.55. The molecule has 0 spiro atoms. The third kappa shape index (κ3) is 2.76. The molecule has 1 unspecified atom stereocenters. The Hall–Kier alpha value is -1.02. The highest BCUT2D eigenvalue weighted by Crippen LogP contribution is 2.30. The molecule has 1 N–H and O–H groups in total. The number of rotatable bonds is 5. The molecular formula is C14H21NO. The molecule has 1 aliphatic rings. The summed E-state index contributed by atoms with van der Waals surface area (Å²) in [7, 11) is 0. The first-order valence-electron chi connectivity index (χ1n) is 6.26. The van der Waals surface area contributed by atoms with Gasteiger partial charge in [-0.3, -0.25) is 0 Å². The zero-order valence-electron chi connectivity index (χ0n) is 10.3. The fourth-order valence-electron chi connectivity index (χ4n) is 2.24. The lowest BCUT2D eigenvalue weighted by molar-refractivity contribution is 0.217. The quantitative estimate of drug-likeness (QED) is 0.769. The molecule has 2 heteroatoms. The van der Waals surface area contributed by atoms with Gasteiger partial charge in [0, 0.05) is 6.42 Å². The van der Waals surface area contributed by atoms with Crippen LogP contribution in [0, 0.1) is 6.92 Å². The van der Waals surface area contributed by atoms with Crippen LogP contribution in [0.3, 0.4) is 0 Å². The fourth-order valence-corrected chi connectivity index (χ4v) is 2.24. The molecule has 0 aromatic heterocycles. The van der Waals surface area contributed by atoms with Crippen molar-refractivity contribution in [1.82, 2.24) is 5.32 Å². The molecule has 1 aliphatic heterocycles. The molecule has 1 aromatic carbocycles. The highest BCUT2D eigenvalue weighted by molar-refractivity contribution is 5.40. The zero-order valence-corrected chi connectivity index (χ0v) is 10.3. The summed E-state index contributed by atoms with van der Waals surface area (Å²) in [6.45, 7) is 6.44. The predicted molar refractivity (Wildman–Crippen MR) is 67.1 cm³/mol. The molecule has 0 fully saturated rings. The summed E-state index contributed by atoms with van der Waals surface area (Å²) in [5.41, 5.74) is 2.71. The van der Waals surface area contributed by atoms with Crippen LogP contribution >= 0.6 is 0 Å². The molecule has 0 bridgehead atoms. The van der Waals surface area contributed by atoms with Crippen LogP contribution in [0.25, 0.3) is 0 Å². The van der Waals surface area contributed by atoms with Gasteiger partial charge in [0.1, 0.15) is 11.9 Å². The third-order valence-corrected chi connectivity index (χ3v) is 3.09. The largest absolute Gasteiger partial charge is 0.490 e. The maximum atomic E-state index is 5.91. The first-order valence-corrected chi connectivity index (χ1v) is 6.26. The Bertz CT molecular complexity index is 349.